The minimum absolute atomic E-state index is 0.0200. The Morgan fingerprint density at radius 1 is 1.13 bits per heavy atom. The number of urea groups is 1. The van der Waals surface area contributed by atoms with Crippen molar-refractivity contribution in [1.82, 2.24) is 5.32 Å². The van der Waals surface area contributed by atoms with Crippen LogP contribution in [0.4, 0.5) is 16.2 Å². The fourth-order valence-electron chi connectivity index (χ4n) is 2.06. The van der Waals surface area contributed by atoms with E-state index in [1.165, 1.54) is 6.08 Å². The van der Waals surface area contributed by atoms with Gasteiger partial charge in [0.1, 0.15) is 0 Å². The topological polar surface area (TPSA) is 131 Å². The van der Waals surface area contributed by atoms with Gasteiger partial charge in [-0.15, -0.1) is 0 Å². The molecule has 1 fully saturated rings. The molecule has 2 aromatic rings. The predicted molar refractivity (Wildman–Crippen MR) is 123 cm³/mol. The van der Waals surface area contributed by atoms with E-state index in [4.69, 9.17) is 5.73 Å². The number of carbonyl (C=O) groups is 3. The molecule has 2 aromatic carbocycles. The Bertz CT molecular complexity index is 914. The van der Waals surface area contributed by atoms with Crippen molar-refractivity contribution in [3.8, 4) is 0 Å². The maximum atomic E-state index is 11.3. The summed E-state index contributed by atoms with van der Waals surface area (Å²) >= 11 is 6.54. The monoisotopic (exact) mass is 554 g/mol. The SMILES string of the molecule is CCOC(=O)CN.O=C1CNC(=O)N1c1ccc(Br)cc1.O=C=Nc1ccc(Br)cc1. The van der Waals surface area contributed by atoms with Crippen molar-refractivity contribution >= 4 is 67.2 Å². The van der Waals surface area contributed by atoms with Gasteiger partial charge in [-0.3, -0.25) is 9.59 Å². The molecule has 3 N–H and O–H groups in total. The molecule has 1 aliphatic rings. The van der Waals surface area contributed by atoms with E-state index in [0.29, 0.717) is 18.0 Å². The summed E-state index contributed by atoms with van der Waals surface area (Å²) in [7, 11) is 0. The van der Waals surface area contributed by atoms with Crippen LogP contribution >= 0.6 is 31.9 Å². The number of hydrogen-bond acceptors (Lipinski definition) is 7. The Kier molecular flexibility index (Phi) is 12.0. The fraction of sp³-hybridized carbons (Fsp3) is 0.200. The predicted octanol–water partition coefficient (Wildman–Crippen LogP) is 3.43. The summed E-state index contributed by atoms with van der Waals surface area (Å²) in [4.78, 5) is 46.9. The van der Waals surface area contributed by atoms with Crippen molar-refractivity contribution < 1.29 is 23.9 Å². The first kappa shape index (κ1) is 26.2. The van der Waals surface area contributed by atoms with Crippen molar-refractivity contribution in [1.29, 1.82) is 0 Å². The zero-order valence-electron chi connectivity index (χ0n) is 16.5. The van der Waals surface area contributed by atoms with Crippen molar-refractivity contribution in [3.05, 3.63) is 57.5 Å². The van der Waals surface area contributed by atoms with Gasteiger partial charge in [-0.25, -0.2) is 14.5 Å². The van der Waals surface area contributed by atoms with Crippen molar-refractivity contribution in [3.63, 3.8) is 0 Å². The van der Waals surface area contributed by atoms with Crippen LogP contribution in [0.1, 0.15) is 6.92 Å². The van der Waals surface area contributed by atoms with Crippen molar-refractivity contribution in [2.24, 2.45) is 10.7 Å². The number of anilines is 1. The van der Waals surface area contributed by atoms with Crippen LogP contribution in [0.5, 0.6) is 0 Å². The highest BCUT2D eigenvalue weighted by atomic mass is 79.9. The Morgan fingerprint density at radius 3 is 2.06 bits per heavy atom. The molecular formula is C20H20Br2N4O5. The van der Waals surface area contributed by atoms with Crippen molar-refractivity contribution in [2.45, 2.75) is 6.92 Å². The van der Waals surface area contributed by atoms with Crippen molar-refractivity contribution in [2.75, 3.05) is 24.6 Å². The summed E-state index contributed by atoms with van der Waals surface area (Å²) in [5.41, 5.74) is 6.10. The van der Waals surface area contributed by atoms with Gasteiger partial charge in [0.05, 0.1) is 31.1 Å². The normalized spacial score (nSPS) is 11.8. The molecule has 3 rings (SSSR count). The lowest BCUT2D eigenvalue weighted by Crippen LogP contribution is -2.30. The van der Waals surface area contributed by atoms with Gasteiger partial charge in [0, 0.05) is 8.95 Å². The number of rotatable bonds is 4. The number of ether oxygens (including phenoxy) is 1. The second-order valence-electron chi connectivity index (χ2n) is 5.55. The quantitative estimate of drug-likeness (QED) is 0.257. The van der Waals surface area contributed by atoms with Crippen LogP contribution in [0.2, 0.25) is 0 Å². The number of carbonyl (C=O) groups excluding carboxylic acids is 4. The molecule has 0 spiro atoms. The van der Waals surface area contributed by atoms with Gasteiger partial charge in [-0.1, -0.05) is 31.9 Å². The molecule has 1 heterocycles. The third-order valence-electron chi connectivity index (χ3n) is 3.40. The zero-order chi connectivity index (χ0) is 23.2. The molecule has 1 aliphatic heterocycles. The molecule has 0 saturated carbocycles. The fourth-order valence-corrected chi connectivity index (χ4v) is 2.59. The standard InChI is InChI=1S/C9H7BrN2O2.C7H4BrNO.C4H9NO2/c10-6-1-3-7(4-2-6)12-8(13)5-11-9(12)14;8-6-1-3-7(4-2-6)9-5-10;1-2-7-4(6)3-5/h1-4H,5H2,(H,11,14);1-4H;2-3,5H2,1H3. The third-order valence-corrected chi connectivity index (χ3v) is 4.46. The molecule has 31 heavy (non-hydrogen) atoms. The molecule has 0 unspecified atom stereocenters. The average Bonchev–Trinajstić information content (AvgIpc) is 3.10. The first-order valence-electron chi connectivity index (χ1n) is 8.87. The van der Waals surface area contributed by atoms with Gasteiger partial charge in [0.25, 0.3) is 5.91 Å². The van der Waals surface area contributed by atoms with Gasteiger partial charge in [0.15, 0.2) is 0 Å². The summed E-state index contributed by atoms with van der Waals surface area (Å²) in [5.74, 6) is -0.570. The number of benzene rings is 2. The highest BCUT2D eigenvalue weighted by molar-refractivity contribution is 9.10. The van der Waals surface area contributed by atoms with E-state index >= 15 is 0 Å². The number of imide groups is 1. The maximum Gasteiger partial charge on any atom is 0.329 e. The molecule has 3 amide bonds. The van der Waals surface area contributed by atoms with Crippen LogP contribution in [-0.4, -0.2) is 43.7 Å². The average molecular weight is 556 g/mol. The van der Waals surface area contributed by atoms with Gasteiger partial charge in [0.2, 0.25) is 6.08 Å². The smallest absolute Gasteiger partial charge is 0.329 e. The summed E-state index contributed by atoms with van der Waals surface area (Å²) < 4.78 is 6.31. The molecule has 0 aromatic heterocycles. The molecule has 0 bridgehead atoms. The number of nitrogens with zero attached hydrogens (tertiary/aromatic N) is 2. The van der Waals surface area contributed by atoms with Gasteiger partial charge >= 0.3 is 12.0 Å². The molecule has 0 aliphatic carbocycles. The number of halogens is 2. The van der Waals surface area contributed by atoms with E-state index in [-0.39, 0.29) is 31.0 Å². The van der Waals surface area contributed by atoms with Crippen LogP contribution in [0.25, 0.3) is 0 Å². The van der Waals surface area contributed by atoms with E-state index in [0.717, 1.165) is 13.8 Å². The van der Waals surface area contributed by atoms with Crippen LogP contribution < -0.4 is 16.0 Å². The number of esters is 1. The summed E-state index contributed by atoms with van der Waals surface area (Å²) in [6, 6.07) is 13.7. The van der Waals surface area contributed by atoms with E-state index in [1.807, 2.05) is 12.1 Å². The maximum absolute atomic E-state index is 11.3. The Labute approximate surface area is 195 Å². The second kappa shape index (κ2) is 14.2. The number of amides is 3. The highest BCUT2D eigenvalue weighted by Crippen LogP contribution is 2.20. The number of hydrogen-bond donors (Lipinski definition) is 2. The lowest BCUT2D eigenvalue weighted by Gasteiger charge is -2.11. The molecule has 0 atom stereocenters. The Hall–Kier alpha value is -2.85. The van der Waals surface area contributed by atoms with E-state index in [1.54, 1.807) is 43.3 Å². The Morgan fingerprint density at radius 2 is 1.68 bits per heavy atom. The van der Waals surface area contributed by atoms with E-state index in [2.05, 4.69) is 46.9 Å². The van der Waals surface area contributed by atoms with Crippen LogP contribution in [-0.2, 0) is 19.1 Å². The third kappa shape index (κ3) is 9.67. The molecule has 11 heteroatoms. The number of nitrogens with one attached hydrogen (secondary N) is 1. The number of isocyanates is 1. The summed E-state index contributed by atoms with van der Waals surface area (Å²) in [5, 5.41) is 2.46. The lowest BCUT2D eigenvalue weighted by molar-refractivity contribution is -0.141. The first-order valence-corrected chi connectivity index (χ1v) is 10.5. The lowest BCUT2D eigenvalue weighted by atomic mass is 10.3. The van der Waals surface area contributed by atoms with E-state index in [9.17, 15) is 19.2 Å². The highest BCUT2D eigenvalue weighted by Gasteiger charge is 2.29. The molecule has 164 valence electrons. The van der Waals surface area contributed by atoms with Gasteiger partial charge in [-0.2, -0.15) is 4.99 Å². The van der Waals surface area contributed by atoms with Gasteiger partial charge in [-0.05, 0) is 55.5 Å². The molecule has 0 radical (unpaired) electrons. The number of nitrogens with two attached hydrogens (primary N) is 1. The van der Waals surface area contributed by atoms with Crippen LogP contribution in [0, 0.1) is 0 Å². The molecule has 9 nitrogen and oxygen atoms in total. The summed E-state index contributed by atoms with van der Waals surface area (Å²) in [6.45, 7) is 2.21. The van der Waals surface area contributed by atoms with Crippen LogP contribution in [0.15, 0.2) is 62.5 Å². The second-order valence-corrected chi connectivity index (χ2v) is 7.38. The van der Waals surface area contributed by atoms with Crippen LogP contribution in [0.3, 0.4) is 0 Å². The summed E-state index contributed by atoms with van der Waals surface area (Å²) in [6.07, 6.45) is 1.46. The first-order chi connectivity index (χ1) is 14.8. The zero-order valence-corrected chi connectivity index (χ0v) is 19.7. The molecule has 1 saturated heterocycles. The van der Waals surface area contributed by atoms with E-state index < -0.39 is 0 Å². The minimum Gasteiger partial charge on any atom is -0.465 e. The minimum atomic E-state index is -0.364. The van der Waals surface area contributed by atoms with Gasteiger partial charge < -0.3 is 15.8 Å². The largest absolute Gasteiger partial charge is 0.465 e. The number of aliphatic imine (C=N–C) groups is 1. The molecular weight excluding hydrogens is 536 g/mol. The Balaban J connectivity index is 0.000000249.